The van der Waals surface area contributed by atoms with Gasteiger partial charge in [-0.2, -0.15) is 0 Å². The molecule has 5 nitrogen and oxygen atoms in total. The number of rotatable bonds is 7. The molecule has 3 N–H and O–H groups in total. The fraction of sp³-hybridized carbons (Fsp3) is 0.462. The van der Waals surface area contributed by atoms with Crippen molar-refractivity contribution in [3.05, 3.63) is 35.4 Å². The summed E-state index contributed by atoms with van der Waals surface area (Å²) in [6.45, 7) is -0.133. The summed E-state index contributed by atoms with van der Waals surface area (Å²) in [5.74, 6) is -2.09. The van der Waals surface area contributed by atoms with Crippen LogP contribution in [0.15, 0.2) is 18.2 Å². The van der Waals surface area contributed by atoms with Gasteiger partial charge in [0.05, 0.1) is 26.2 Å². The molecular weight excluding hydrogens is 272 g/mol. The Bertz CT molecular complexity index is 456. The summed E-state index contributed by atoms with van der Waals surface area (Å²) in [4.78, 5) is 11.3. The number of carbonyl (C=O) groups excluding carboxylic acids is 1. The first kappa shape index (κ1) is 16.5. The Morgan fingerprint density at radius 2 is 2.15 bits per heavy atom. The van der Waals surface area contributed by atoms with Crippen molar-refractivity contribution in [1.82, 2.24) is 5.32 Å². The van der Waals surface area contributed by atoms with E-state index in [0.717, 1.165) is 18.2 Å². The summed E-state index contributed by atoms with van der Waals surface area (Å²) in [7, 11) is 1.18. The van der Waals surface area contributed by atoms with Crippen LogP contribution >= 0.6 is 0 Å². The standard InChI is InChI=1S/C13H17F2NO4/c1-20-12(18)7-11(16-4-5-17)13(19)9-6-8(14)2-3-10(9)15/h2-3,6,11,13,16-17,19H,4-5,7H2,1H3. The van der Waals surface area contributed by atoms with Crippen molar-refractivity contribution in [2.75, 3.05) is 20.3 Å². The predicted molar refractivity (Wildman–Crippen MR) is 66.8 cm³/mol. The van der Waals surface area contributed by atoms with Crippen LogP contribution in [0, 0.1) is 11.6 Å². The first-order chi connectivity index (χ1) is 9.49. The van der Waals surface area contributed by atoms with Gasteiger partial charge in [-0.15, -0.1) is 0 Å². The highest BCUT2D eigenvalue weighted by molar-refractivity contribution is 5.70. The topological polar surface area (TPSA) is 78.8 Å². The number of aliphatic hydroxyl groups is 2. The van der Waals surface area contributed by atoms with Crippen molar-refractivity contribution < 1.29 is 28.5 Å². The number of nitrogens with one attached hydrogen (secondary N) is 1. The van der Waals surface area contributed by atoms with Gasteiger partial charge in [0, 0.05) is 18.2 Å². The molecule has 0 aliphatic rings. The number of benzene rings is 1. The highest BCUT2D eigenvalue weighted by Crippen LogP contribution is 2.23. The number of esters is 1. The van der Waals surface area contributed by atoms with E-state index in [2.05, 4.69) is 10.1 Å². The Labute approximate surface area is 115 Å². The SMILES string of the molecule is COC(=O)CC(NCCO)C(O)c1cc(F)ccc1F. The van der Waals surface area contributed by atoms with E-state index >= 15 is 0 Å². The van der Waals surface area contributed by atoms with Crippen LogP contribution in [0.3, 0.4) is 0 Å². The van der Waals surface area contributed by atoms with Crippen molar-refractivity contribution in [1.29, 1.82) is 0 Å². The summed E-state index contributed by atoms with van der Waals surface area (Å²) in [6.07, 6.45) is -1.69. The summed E-state index contributed by atoms with van der Waals surface area (Å²) < 4.78 is 31.2. The zero-order valence-electron chi connectivity index (χ0n) is 11.0. The Kier molecular flexibility index (Phi) is 6.50. The summed E-state index contributed by atoms with van der Waals surface area (Å²) in [5.41, 5.74) is -0.260. The van der Waals surface area contributed by atoms with Gasteiger partial charge >= 0.3 is 5.97 Å². The average molecular weight is 289 g/mol. The van der Waals surface area contributed by atoms with E-state index in [9.17, 15) is 18.7 Å². The molecule has 0 saturated heterocycles. The van der Waals surface area contributed by atoms with E-state index in [1.807, 2.05) is 0 Å². The van der Waals surface area contributed by atoms with Crippen molar-refractivity contribution in [2.45, 2.75) is 18.6 Å². The largest absolute Gasteiger partial charge is 0.469 e. The van der Waals surface area contributed by atoms with Crippen LogP contribution in [0.2, 0.25) is 0 Å². The quantitative estimate of drug-likeness (QED) is 0.638. The lowest BCUT2D eigenvalue weighted by Gasteiger charge is -2.23. The first-order valence-electron chi connectivity index (χ1n) is 6.03. The molecule has 0 amide bonds. The van der Waals surface area contributed by atoms with E-state index in [-0.39, 0.29) is 25.1 Å². The number of carbonyl (C=O) groups is 1. The molecule has 0 heterocycles. The Morgan fingerprint density at radius 1 is 1.45 bits per heavy atom. The maximum absolute atomic E-state index is 13.6. The molecule has 1 aromatic carbocycles. The van der Waals surface area contributed by atoms with Crippen molar-refractivity contribution in [3.8, 4) is 0 Å². The minimum Gasteiger partial charge on any atom is -0.469 e. The van der Waals surface area contributed by atoms with Gasteiger partial charge in [0.1, 0.15) is 11.6 Å². The average Bonchev–Trinajstić information content (AvgIpc) is 2.44. The van der Waals surface area contributed by atoms with Crippen LogP contribution in [-0.2, 0) is 9.53 Å². The molecule has 0 aliphatic heterocycles. The molecule has 0 radical (unpaired) electrons. The smallest absolute Gasteiger partial charge is 0.307 e. The van der Waals surface area contributed by atoms with Crippen LogP contribution in [-0.4, -0.2) is 42.5 Å². The van der Waals surface area contributed by atoms with E-state index in [1.54, 1.807) is 0 Å². The molecule has 2 unspecified atom stereocenters. The number of methoxy groups -OCH3 is 1. The number of aliphatic hydroxyl groups excluding tert-OH is 2. The van der Waals surface area contributed by atoms with Crippen LogP contribution in [0.25, 0.3) is 0 Å². The normalized spacial score (nSPS) is 13.8. The zero-order chi connectivity index (χ0) is 15.1. The van der Waals surface area contributed by atoms with Gasteiger partial charge in [0.2, 0.25) is 0 Å². The lowest BCUT2D eigenvalue weighted by molar-refractivity contribution is -0.142. The first-order valence-corrected chi connectivity index (χ1v) is 6.03. The minimum absolute atomic E-state index is 0.0929. The number of ether oxygens (including phenoxy) is 1. The van der Waals surface area contributed by atoms with E-state index < -0.39 is 29.7 Å². The Hall–Kier alpha value is -1.57. The van der Waals surface area contributed by atoms with Gasteiger partial charge in [0.25, 0.3) is 0 Å². The monoisotopic (exact) mass is 289 g/mol. The molecule has 2 atom stereocenters. The summed E-state index contributed by atoms with van der Waals surface area (Å²) in [6, 6.07) is 1.80. The zero-order valence-corrected chi connectivity index (χ0v) is 11.0. The van der Waals surface area contributed by atoms with Crippen LogP contribution in [0.5, 0.6) is 0 Å². The number of hydrogen-bond donors (Lipinski definition) is 3. The predicted octanol–water partition coefficient (Wildman–Crippen LogP) is 0.512. The van der Waals surface area contributed by atoms with Crippen molar-refractivity contribution in [2.24, 2.45) is 0 Å². The molecule has 0 spiro atoms. The van der Waals surface area contributed by atoms with Gasteiger partial charge in [-0.05, 0) is 18.2 Å². The fourth-order valence-corrected chi connectivity index (χ4v) is 1.77. The molecule has 0 bridgehead atoms. The molecule has 0 aromatic heterocycles. The van der Waals surface area contributed by atoms with Gasteiger partial charge in [-0.1, -0.05) is 0 Å². The Balaban J connectivity index is 2.92. The maximum Gasteiger partial charge on any atom is 0.307 e. The van der Waals surface area contributed by atoms with E-state index in [1.165, 1.54) is 7.11 Å². The van der Waals surface area contributed by atoms with Gasteiger partial charge in [-0.25, -0.2) is 8.78 Å². The molecule has 1 rings (SSSR count). The Morgan fingerprint density at radius 3 is 2.75 bits per heavy atom. The van der Waals surface area contributed by atoms with Gasteiger partial charge in [-0.3, -0.25) is 4.79 Å². The fourth-order valence-electron chi connectivity index (χ4n) is 1.77. The third-order valence-electron chi connectivity index (χ3n) is 2.79. The van der Waals surface area contributed by atoms with Crippen LogP contribution < -0.4 is 5.32 Å². The molecule has 0 fully saturated rings. The van der Waals surface area contributed by atoms with Crippen LogP contribution in [0.4, 0.5) is 8.78 Å². The molecule has 20 heavy (non-hydrogen) atoms. The van der Waals surface area contributed by atoms with Crippen molar-refractivity contribution >= 4 is 5.97 Å². The van der Waals surface area contributed by atoms with E-state index in [0.29, 0.717) is 0 Å². The number of hydrogen-bond acceptors (Lipinski definition) is 5. The molecule has 112 valence electrons. The lowest BCUT2D eigenvalue weighted by atomic mass is 9.99. The summed E-state index contributed by atoms with van der Waals surface area (Å²) in [5, 5.41) is 21.6. The van der Waals surface area contributed by atoms with E-state index in [4.69, 9.17) is 5.11 Å². The molecule has 1 aromatic rings. The lowest BCUT2D eigenvalue weighted by Crippen LogP contribution is -2.39. The second-order valence-electron chi connectivity index (χ2n) is 4.18. The third-order valence-corrected chi connectivity index (χ3v) is 2.79. The molecule has 7 heteroatoms. The number of halogens is 2. The molecule has 0 saturated carbocycles. The second-order valence-corrected chi connectivity index (χ2v) is 4.18. The minimum atomic E-state index is -1.45. The highest BCUT2D eigenvalue weighted by Gasteiger charge is 2.26. The third kappa shape index (κ3) is 4.52. The van der Waals surface area contributed by atoms with Crippen molar-refractivity contribution in [3.63, 3.8) is 0 Å². The van der Waals surface area contributed by atoms with Gasteiger partial charge in [0.15, 0.2) is 0 Å². The van der Waals surface area contributed by atoms with Gasteiger partial charge < -0.3 is 20.3 Å². The highest BCUT2D eigenvalue weighted by atomic mass is 19.1. The summed E-state index contributed by atoms with van der Waals surface area (Å²) >= 11 is 0. The second kappa shape index (κ2) is 7.88. The molecular formula is C13H17F2NO4. The molecule has 0 aliphatic carbocycles. The van der Waals surface area contributed by atoms with Crippen LogP contribution in [0.1, 0.15) is 18.1 Å². The maximum atomic E-state index is 13.6.